The maximum Gasteiger partial charge on any atom is 0.181 e. The summed E-state index contributed by atoms with van der Waals surface area (Å²) in [6.45, 7) is 9.04. The summed E-state index contributed by atoms with van der Waals surface area (Å²) < 4.78 is 2.44. The van der Waals surface area contributed by atoms with Crippen LogP contribution >= 0.6 is 0 Å². The minimum absolute atomic E-state index is 0.517. The fourth-order valence-electron chi connectivity index (χ4n) is 2.37. The third-order valence-corrected chi connectivity index (χ3v) is 3.04. The number of fused-ring (bicyclic) bond motifs is 1. The molecule has 80 valence electrons. The second-order valence-corrected chi connectivity index (χ2v) is 4.86. The molecule has 1 aliphatic rings. The average molecular weight is 203 g/mol. The van der Waals surface area contributed by atoms with Gasteiger partial charge in [0.05, 0.1) is 5.56 Å². The van der Waals surface area contributed by atoms with Crippen molar-refractivity contribution in [3.63, 3.8) is 0 Å². The molecule has 1 aromatic rings. The molecule has 0 amide bonds. The van der Waals surface area contributed by atoms with Crippen LogP contribution in [0.1, 0.15) is 44.9 Å². The van der Waals surface area contributed by atoms with Gasteiger partial charge >= 0.3 is 0 Å². The summed E-state index contributed by atoms with van der Waals surface area (Å²) in [5.41, 5.74) is 2.71. The Morgan fingerprint density at radius 2 is 2.00 bits per heavy atom. The molecule has 1 atom stereocenters. The summed E-state index contributed by atoms with van der Waals surface area (Å²) in [5.74, 6) is 0.632. The quantitative estimate of drug-likeness (QED) is 0.675. The van der Waals surface area contributed by atoms with Crippen molar-refractivity contribution in [1.82, 2.24) is 4.98 Å². The molecule has 1 aromatic heterocycles. The standard InChI is InChI=1S/C13H19N2/c1-9(2)13-12-5-6-14-7-11(12)8-15(13)10(3)4/h5-10,13H,1-4H3/q+1. The number of pyridine rings is 1. The maximum atomic E-state index is 4.19. The summed E-state index contributed by atoms with van der Waals surface area (Å²) in [4.78, 5) is 4.19. The summed E-state index contributed by atoms with van der Waals surface area (Å²) in [6.07, 6.45) is 6.11. The summed E-state index contributed by atoms with van der Waals surface area (Å²) in [6, 6.07) is 3.21. The Hall–Kier alpha value is -1.18. The summed E-state index contributed by atoms with van der Waals surface area (Å²) in [5, 5.41) is 0. The van der Waals surface area contributed by atoms with Gasteiger partial charge in [0.2, 0.25) is 0 Å². The smallest absolute Gasteiger partial charge is 0.181 e. The molecule has 2 heteroatoms. The predicted octanol–water partition coefficient (Wildman–Crippen LogP) is 2.63. The van der Waals surface area contributed by atoms with Crippen LogP contribution in [0.3, 0.4) is 0 Å². The van der Waals surface area contributed by atoms with Gasteiger partial charge in [-0.15, -0.1) is 0 Å². The van der Waals surface area contributed by atoms with Crippen molar-refractivity contribution in [3.05, 3.63) is 29.6 Å². The van der Waals surface area contributed by atoms with Crippen LogP contribution in [0.25, 0.3) is 0 Å². The maximum absolute atomic E-state index is 4.19. The van der Waals surface area contributed by atoms with Gasteiger partial charge in [-0.3, -0.25) is 4.98 Å². The molecule has 0 spiro atoms. The first-order chi connectivity index (χ1) is 7.11. The van der Waals surface area contributed by atoms with Crippen molar-refractivity contribution in [2.75, 3.05) is 0 Å². The van der Waals surface area contributed by atoms with Gasteiger partial charge in [0.25, 0.3) is 0 Å². The molecule has 0 N–H and O–H groups in total. The molecule has 0 fully saturated rings. The van der Waals surface area contributed by atoms with E-state index < -0.39 is 0 Å². The van der Waals surface area contributed by atoms with Gasteiger partial charge < -0.3 is 0 Å². The molecule has 15 heavy (non-hydrogen) atoms. The third kappa shape index (κ3) is 1.69. The number of aromatic nitrogens is 1. The lowest BCUT2D eigenvalue weighted by molar-refractivity contribution is -0.599. The predicted molar refractivity (Wildman–Crippen MR) is 62.4 cm³/mol. The zero-order chi connectivity index (χ0) is 11.0. The third-order valence-electron chi connectivity index (χ3n) is 3.04. The molecular weight excluding hydrogens is 184 g/mol. The first-order valence-corrected chi connectivity index (χ1v) is 5.67. The zero-order valence-corrected chi connectivity index (χ0v) is 9.94. The van der Waals surface area contributed by atoms with Crippen LogP contribution in [0.5, 0.6) is 0 Å². The number of hydrogen-bond acceptors (Lipinski definition) is 1. The fourth-order valence-corrected chi connectivity index (χ4v) is 2.37. The second-order valence-electron chi connectivity index (χ2n) is 4.86. The molecule has 0 aliphatic carbocycles. The minimum Gasteiger partial charge on any atom is -0.264 e. The molecule has 0 saturated carbocycles. The van der Waals surface area contributed by atoms with E-state index >= 15 is 0 Å². The van der Waals surface area contributed by atoms with E-state index in [4.69, 9.17) is 0 Å². The van der Waals surface area contributed by atoms with Crippen LogP contribution in [-0.4, -0.2) is 21.8 Å². The SMILES string of the molecule is CC(C)C1c2ccncc2C=[N+]1C(C)C. The molecule has 0 bridgehead atoms. The van der Waals surface area contributed by atoms with E-state index in [9.17, 15) is 0 Å². The van der Waals surface area contributed by atoms with E-state index in [-0.39, 0.29) is 0 Å². The molecule has 0 saturated heterocycles. The second kappa shape index (κ2) is 3.76. The Morgan fingerprint density at radius 1 is 1.27 bits per heavy atom. The highest BCUT2D eigenvalue weighted by atomic mass is 15.1. The van der Waals surface area contributed by atoms with Crippen LogP contribution in [0.2, 0.25) is 0 Å². The van der Waals surface area contributed by atoms with Crippen molar-refractivity contribution in [2.24, 2.45) is 5.92 Å². The van der Waals surface area contributed by atoms with Gasteiger partial charge in [-0.2, -0.15) is 0 Å². The largest absolute Gasteiger partial charge is 0.264 e. The molecule has 0 aromatic carbocycles. The van der Waals surface area contributed by atoms with Gasteiger partial charge in [0.1, 0.15) is 6.04 Å². The lowest BCUT2D eigenvalue weighted by atomic mass is 9.95. The Kier molecular flexibility index (Phi) is 2.59. The van der Waals surface area contributed by atoms with E-state index in [1.165, 1.54) is 11.1 Å². The highest BCUT2D eigenvalue weighted by molar-refractivity contribution is 5.79. The number of hydrogen-bond donors (Lipinski definition) is 0. The van der Waals surface area contributed by atoms with Crippen molar-refractivity contribution in [2.45, 2.75) is 39.8 Å². The van der Waals surface area contributed by atoms with E-state index in [2.05, 4.69) is 49.5 Å². The first kappa shape index (κ1) is 10.3. The van der Waals surface area contributed by atoms with E-state index in [1.807, 2.05) is 12.4 Å². The number of rotatable bonds is 2. The van der Waals surface area contributed by atoms with E-state index in [0.29, 0.717) is 18.0 Å². The van der Waals surface area contributed by atoms with Crippen molar-refractivity contribution < 1.29 is 4.58 Å². The van der Waals surface area contributed by atoms with Gasteiger partial charge in [0, 0.05) is 23.9 Å². The van der Waals surface area contributed by atoms with Crippen LogP contribution in [-0.2, 0) is 0 Å². The average Bonchev–Trinajstić information content (AvgIpc) is 2.56. The van der Waals surface area contributed by atoms with E-state index in [1.54, 1.807) is 0 Å². The van der Waals surface area contributed by atoms with Gasteiger partial charge in [-0.1, -0.05) is 13.8 Å². The summed E-state index contributed by atoms with van der Waals surface area (Å²) >= 11 is 0. The molecule has 2 heterocycles. The van der Waals surface area contributed by atoms with Crippen molar-refractivity contribution in [1.29, 1.82) is 0 Å². The fraction of sp³-hybridized carbons (Fsp3) is 0.538. The first-order valence-electron chi connectivity index (χ1n) is 5.67. The number of nitrogens with zero attached hydrogens (tertiary/aromatic N) is 2. The Morgan fingerprint density at radius 3 is 2.60 bits per heavy atom. The minimum atomic E-state index is 0.517. The van der Waals surface area contributed by atoms with E-state index in [0.717, 1.165) is 0 Å². The highest BCUT2D eigenvalue weighted by Gasteiger charge is 2.35. The Bertz CT molecular complexity index is 391. The molecule has 1 unspecified atom stereocenters. The van der Waals surface area contributed by atoms with Crippen LogP contribution < -0.4 is 0 Å². The lowest BCUT2D eigenvalue weighted by Gasteiger charge is -2.17. The topological polar surface area (TPSA) is 15.9 Å². The molecule has 2 rings (SSSR count). The lowest BCUT2D eigenvalue weighted by Crippen LogP contribution is -2.25. The van der Waals surface area contributed by atoms with Crippen molar-refractivity contribution >= 4 is 6.21 Å². The molecule has 0 radical (unpaired) electrons. The van der Waals surface area contributed by atoms with Crippen LogP contribution in [0.15, 0.2) is 18.5 Å². The normalized spacial score (nSPS) is 19.6. The molecule has 1 aliphatic heterocycles. The Labute approximate surface area is 91.7 Å². The Balaban J connectivity index is 2.47. The van der Waals surface area contributed by atoms with Crippen LogP contribution in [0.4, 0.5) is 0 Å². The van der Waals surface area contributed by atoms with Gasteiger partial charge in [-0.05, 0) is 19.9 Å². The van der Waals surface area contributed by atoms with Crippen LogP contribution in [0, 0.1) is 5.92 Å². The highest BCUT2D eigenvalue weighted by Crippen LogP contribution is 2.32. The monoisotopic (exact) mass is 203 g/mol. The molecular formula is C13H19N2+. The van der Waals surface area contributed by atoms with Gasteiger partial charge in [-0.25, -0.2) is 4.58 Å². The summed E-state index contributed by atoms with van der Waals surface area (Å²) in [7, 11) is 0. The van der Waals surface area contributed by atoms with Crippen molar-refractivity contribution in [3.8, 4) is 0 Å². The zero-order valence-electron chi connectivity index (χ0n) is 9.94. The van der Waals surface area contributed by atoms with Gasteiger partial charge in [0.15, 0.2) is 12.3 Å². The molecule has 2 nitrogen and oxygen atoms in total.